The molecule has 2 aromatic heterocycles. The van der Waals surface area contributed by atoms with Gasteiger partial charge in [0.05, 0.1) is 17.7 Å². The summed E-state index contributed by atoms with van der Waals surface area (Å²) in [6.07, 6.45) is -1.14. The molecular weight excluding hydrogens is 262 g/mol. The predicted octanol–water partition coefficient (Wildman–Crippen LogP) is 1.53. The van der Waals surface area contributed by atoms with Crippen LogP contribution in [0.4, 0.5) is 8.78 Å². The molecule has 0 bridgehead atoms. The zero-order chi connectivity index (χ0) is 13.0. The van der Waals surface area contributed by atoms with Gasteiger partial charge in [-0.15, -0.1) is 11.3 Å². The van der Waals surface area contributed by atoms with Gasteiger partial charge in [-0.3, -0.25) is 9.48 Å². The van der Waals surface area contributed by atoms with Gasteiger partial charge in [0.15, 0.2) is 0 Å². The van der Waals surface area contributed by atoms with E-state index in [1.807, 2.05) is 5.38 Å². The van der Waals surface area contributed by atoms with Crippen molar-refractivity contribution in [3.63, 3.8) is 0 Å². The van der Waals surface area contributed by atoms with Crippen molar-refractivity contribution in [3.05, 3.63) is 34.5 Å². The highest BCUT2D eigenvalue weighted by Gasteiger charge is 2.11. The van der Waals surface area contributed by atoms with E-state index in [2.05, 4.69) is 15.4 Å². The highest BCUT2D eigenvalue weighted by Crippen LogP contribution is 2.03. The Kier molecular flexibility index (Phi) is 3.98. The van der Waals surface area contributed by atoms with Crippen LogP contribution in [-0.4, -0.2) is 27.1 Å². The highest BCUT2D eigenvalue weighted by atomic mass is 32.1. The van der Waals surface area contributed by atoms with Crippen LogP contribution in [0.15, 0.2) is 23.2 Å². The first-order chi connectivity index (χ1) is 8.65. The van der Waals surface area contributed by atoms with Gasteiger partial charge in [0.2, 0.25) is 0 Å². The van der Waals surface area contributed by atoms with Crippen LogP contribution in [0.3, 0.4) is 0 Å². The second kappa shape index (κ2) is 5.67. The Morgan fingerprint density at radius 1 is 1.56 bits per heavy atom. The summed E-state index contributed by atoms with van der Waals surface area (Å²) >= 11 is 1.43. The van der Waals surface area contributed by atoms with Crippen molar-refractivity contribution in [2.45, 2.75) is 19.5 Å². The number of hydrogen-bond donors (Lipinski definition) is 1. The van der Waals surface area contributed by atoms with E-state index >= 15 is 0 Å². The largest absolute Gasteiger partial charge is 0.345 e. The van der Waals surface area contributed by atoms with Crippen LogP contribution >= 0.6 is 11.3 Å². The van der Waals surface area contributed by atoms with Gasteiger partial charge in [-0.05, 0) is 6.07 Å². The lowest BCUT2D eigenvalue weighted by Crippen LogP contribution is -2.23. The maximum absolute atomic E-state index is 12.1. The van der Waals surface area contributed by atoms with Gasteiger partial charge in [-0.25, -0.2) is 13.8 Å². The van der Waals surface area contributed by atoms with Gasteiger partial charge in [0.1, 0.15) is 12.2 Å². The zero-order valence-electron chi connectivity index (χ0n) is 9.22. The van der Waals surface area contributed by atoms with Crippen LogP contribution in [0, 0.1) is 0 Å². The van der Waals surface area contributed by atoms with E-state index < -0.39 is 18.9 Å². The average Bonchev–Trinajstić information content (AvgIpc) is 2.95. The summed E-state index contributed by atoms with van der Waals surface area (Å²) in [4.78, 5) is 15.6. The number of rotatable bonds is 5. The normalized spacial score (nSPS) is 10.8. The Balaban J connectivity index is 1.90. The Morgan fingerprint density at radius 3 is 3.06 bits per heavy atom. The summed E-state index contributed by atoms with van der Waals surface area (Å²) in [5.74, 6) is -0.406. The standard InChI is InChI=1S/C10H10F2N4OS/c11-9(12)4-16-2-1-8(15-16)10(17)13-3-7-5-18-6-14-7/h1-2,5-6,9H,3-4H2,(H,13,17). The van der Waals surface area contributed by atoms with Gasteiger partial charge < -0.3 is 5.32 Å². The number of halogens is 2. The summed E-state index contributed by atoms with van der Waals surface area (Å²) in [5.41, 5.74) is 2.53. The smallest absolute Gasteiger partial charge is 0.272 e. The number of hydrogen-bond acceptors (Lipinski definition) is 4. The van der Waals surface area contributed by atoms with E-state index in [0.717, 1.165) is 10.4 Å². The number of carbonyl (C=O) groups is 1. The van der Waals surface area contributed by atoms with Crippen LogP contribution in [0.5, 0.6) is 0 Å². The molecule has 5 nitrogen and oxygen atoms in total. The molecular formula is C10H10F2N4OS. The first-order valence-corrected chi connectivity index (χ1v) is 6.06. The van der Waals surface area contributed by atoms with Gasteiger partial charge in [-0.1, -0.05) is 0 Å². The lowest BCUT2D eigenvalue weighted by Gasteiger charge is -2.01. The van der Waals surface area contributed by atoms with Gasteiger partial charge >= 0.3 is 0 Å². The molecule has 0 spiro atoms. The Hall–Kier alpha value is -1.83. The summed E-state index contributed by atoms with van der Waals surface area (Å²) in [5, 5.41) is 8.18. The molecule has 0 aromatic carbocycles. The third-order valence-corrected chi connectivity index (χ3v) is 2.75. The second-order valence-electron chi connectivity index (χ2n) is 3.48. The van der Waals surface area contributed by atoms with Crippen LogP contribution in [0.2, 0.25) is 0 Å². The quantitative estimate of drug-likeness (QED) is 0.898. The number of nitrogens with one attached hydrogen (secondary N) is 1. The summed E-state index contributed by atoms with van der Waals surface area (Å²) < 4.78 is 25.2. The molecule has 96 valence electrons. The summed E-state index contributed by atoms with van der Waals surface area (Å²) in [7, 11) is 0. The number of amides is 1. The third kappa shape index (κ3) is 3.33. The molecule has 0 aliphatic carbocycles. The Morgan fingerprint density at radius 2 is 2.39 bits per heavy atom. The molecule has 0 unspecified atom stereocenters. The van der Waals surface area contributed by atoms with Crippen LogP contribution < -0.4 is 5.32 Å². The fraction of sp³-hybridized carbons (Fsp3) is 0.300. The van der Waals surface area contributed by atoms with E-state index in [9.17, 15) is 13.6 Å². The molecule has 1 amide bonds. The SMILES string of the molecule is O=C(NCc1cscn1)c1ccn(CC(F)F)n1. The minimum absolute atomic E-state index is 0.117. The van der Waals surface area contributed by atoms with Gasteiger partial charge in [0, 0.05) is 11.6 Å². The number of nitrogens with zero attached hydrogens (tertiary/aromatic N) is 3. The monoisotopic (exact) mass is 272 g/mol. The van der Waals surface area contributed by atoms with Crippen LogP contribution in [0.1, 0.15) is 16.2 Å². The number of thiazole rings is 1. The van der Waals surface area contributed by atoms with Crippen molar-refractivity contribution < 1.29 is 13.6 Å². The van der Waals surface area contributed by atoms with Crippen molar-refractivity contribution in [3.8, 4) is 0 Å². The van der Waals surface area contributed by atoms with Crippen molar-refractivity contribution in [2.75, 3.05) is 0 Å². The third-order valence-electron chi connectivity index (χ3n) is 2.11. The Bertz CT molecular complexity index is 512. The van der Waals surface area contributed by atoms with E-state index in [4.69, 9.17) is 0 Å². The molecule has 0 fully saturated rings. The van der Waals surface area contributed by atoms with Crippen molar-refractivity contribution in [2.24, 2.45) is 0 Å². The molecule has 2 aromatic rings. The molecule has 0 radical (unpaired) electrons. The van der Waals surface area contributed by atoms with E-state index in [0.29, 0.717) is 6.54 Å². The summed E-state index contributed by atoms with van der Waals surface area (Å²) in [6.45, 7) is -0.219. The molecule has 0 saturated heterocycles. The highest BCUT2D eigenvalue weighted by molar-refractivity contribution is 7.07. The van der Waals surface area contributed by atoms with E-state index in [1.54, 1.807) is 5.51 Å². The molecule has 1 N–H and O–H groups in total. The first kappa shape index (κ1) is 12.6. The van der Waals surface area contributed by atoms with Crippen molar-refractivity contribution in [1.82, 2.24) is 20.1 Å². The van der Waals surface area contributed by atoms with Gasteiger partial charge in [-0.2, -0.15) is 5.10 Å². The molecule has 0 aliphatic rings. The second-order valence-corrected chi connectivity index (χ2v) is 4.20. The van der Waals surface area contributed by atoms with Crippen LogP contribution in [-0.2, 0) is 13.1 Å². The molecule has 0 atom stereocenters. The molecule has 2 rings (SSSR count). The van der Waals surface area contributed by atoms with E-state index in [1.165, 1.54) is 23.6 Å². The maximum Gasteiger partial charge on any atom is 0.272 e. The minimum atomic E-state index is -2.49. The zero-order valence-corrected chi connectivity index (χ0v) is 10.0. The summed E-state index contributed by atoms with van der Waals surface area (Å²) in [6, 6.07) is 1.40. The van der Waals surface area contributed by atoms with Crippen molar-refractivity contribution in [1.29, 1.82) is 0 Å². The molecule has 0 aliphatic heterocycles. The fourth-order valence-electron chi connectivity index (χ4n) is 1.31. The number of carbonyl (C=O) groups excluding carboxylic acids is 1. The first-order valence-electron chi connectivity index (χ1n) is 5.12. The van der Waals surface area contributed by atoms with E-state index in [-0.39, 0.29) is 5.69 Å². The van der Waals surface area contributed by atoms with Crippen LogP contribution in [0.25, 0.3) is 0 Å². The lowest BCUT2D eigenvalue weighted by atomic mass is 10.4. The number of aromatic nitrogens is 3. The molecule has 0 saturated carbocycles. The maximum atomic E-state index is 12.1. The predicted molar refractivity (Wildman–Crippen MR) is 61.5 cm³/mol. The topological polar surface area (TPSA) is 59.8 Å². The Labute approximate surface area is 105 Å². The molecule has 2 heterocycles. The fourth-order valence-corrected chi connectivity index (χ4v) is 1.87. The number of alkyl halides is 2. The molecule has 18 heavy (non-hydrogen) atoms. The van der Waals surface area contributed by atoms with Crippen molar-refractivity contribution >= 4 is 17.2 Å². The lowest BCUT2D eigenvalue weighted by molar-refractivity contribution is 0.0939. The molecule has 8 heteroatoms. The minimum Gasteiger partial charge on any atom is -0.345 e. The average molecular weight is 272 g/mol. The van der Waals surface area contributed by atoms with Gasteiger partial charge in [0.25, 0.3) is 12.3 Å².